The predicted octanol–water partition coefficient (Wildman–Crippen LogP) is 6.20. The van der Waals surface area contributed by atoms with Crippen molar-refractivity contribution in [2.75, 3.05) is 18.7 Å². The molecule has 0 radical (unpaired) electrons. The Balaban J connectivity index is 2.12. The van der Waals surface area contributed by atoms with Crippen LogP contribution < -0.4 is 14.8 Å². The number of benzene rings is 2. The topological polar surface area (TPSA) is 114 Å². The zero-order valence-corrected chi connectivity index (χ0v) is 20.6. The molecule has 0 aliphatic rings. The second kappa shape index (κ2) is 9.88. The van der Waals surface area contributed by atoms with E-state index in [0.717, 1.165) is 6.92 Å². The molecular weight excluding hydrogens is 532 g/mol. The summed E-state index contributed by atoms with van der Waals surface area (Å²) in [5.41, 5.74) is -2.39. The number of rotatable bonds is 6. The first kappa shape index (κ1) is 26.5. The van der Waals surface area contributed by atoms with Gasteiger partial charge in [0.25, 0.3) is 11.8 Å². The molecule has 1 aromatic heterocycles. The minimum Gasteiger partial charge on any atom is -0.491 e. The minimum atomic E-state index is -4.90. The highest BCUT2D eigenvalue weighted by Gasteiger charge is 2.38. The second-order valence-electron chi connectivity index (χ2n) is 7.17. The highest BCUT2D eigenvalue weighted by Crippen LogP contribution is 2.42. The summed E-state index contributed by atoms with van der Waals surface area (Å²) in [6.07, 6.45) is -3.71. The molecule has 14 heteroatoms. The molecule has 0 aliphatic carbocycles. The fourth-order valence-corrected chi connectivity index (χ4v) is 4.08. The van der Waals surface area contributed by atoms with Crippen molar-refractivity contribution < 1.29 is 31.6 Å². The summed E-state index contributed by atoms with van der Waals surface area (Å²) in [5, 5.41) is 9.21. The van der Waals surface area contributed by atoms with E-state index >= 15 is 0 Å². The number of ether oxygens (including phenoxy) is 2. The maximum absolute atomic E-state index is 13.5. The first-order chi connectivity index (χ1) is 16.2. The Morgan fingerprint density at radius 1 is 1.17 bits per heavy atom. The van der Waals surface area contributed by atoms with E-state index in [4.69, 9.17) is 37.5 Å². The molecular formula is C21H17Cl2F3N4O4S. The number of carbonyl (C=O) groups is 1. The second-order valence-corrected chi connectivity index (χ2v) is 10.1. The molecule has 0 spiro atoms. The van der Waals surface area contributed by atoms with Crippen molar-refractivity contribution >= 4 is 44.5 Å². The molecule has 0 bridgehead atoms. The molecule has 8 nitrogen and oxygen atoms in total. The van der Waals surface area contributed by atoms with Crippen LogP contribution in [0, 0.1) is 11.7 Å². The lowest BCUT2D eigenvalue weighted by Gasteiger charge is -2.17. The third-order valence-electron chi connectivity index (χ3n) is 4.65. The third-order valence-corrected chi connectivity index (χ3v) is 6.59. The molecule has 0 saturated heterocycles. The average molecular weight is 549 g/mol. The number of anilines is 1. The summed E-state index contributed by atoms with van der Waals surface area (Å²) in [6.45, 7) is 1.05. The van der Waals surface area contributed by atoms with Gasteiger partial charge in [-0.15, -0.1) is 10.2 Å². The normalized spacial score (nSPS) is 13.1. The molecule has 3 aromatic rings. The summed E-state index contributed by atoms with van der Waals surface area (Å²) in [6, 6.07) is 8.27. The van der Waals surface area contributed by atoms with Gasteiger partial charge in [-0.3, -0.25) is 4.79 Å². The van der Waals surface area contributed by atoms with Crippen LogP contribution in [-0.4, -0.2) is 33.7 Å². The van der Waals surface area contributed by atoms with Gasteiger partial charge < -0.3 is 14.8 Å². The van der Waals surface area contributed by atoms with Crippen molar-refractivity contribution in [3.8, 4) is 17.4 Å². The van der Waals surface area contributed by atoms with E-state index in [1.165, 1.54) is 49.8 Å². The molecule has 1 atom stereocenters. The number of alkyl halides is 3. The van der Waals surface area contributed by atoms with Crippen LogP contribution in [0.5, 0.6) is 17.4 Å². The van der Waals surface area contributed by atoms with E-state index in [2.05, 4.69) is 15.5 Å². The number of amides is 1. The van der Waals surface area contributed by atoms with Crippen LogP contribution in [-0.2, 0) is 15.9 Å². The first-order valence-corrected chi connectivity index (χ1v) is 12.3. The van der Waals surface area contributed by atoms with Gasteiger partial charge in [-0.2, -0.15) is 13.2 Å². The van der Waals surface area contributed by atoms with Gasteiger partial charge >= 0.3 is 6.18 Å². The molecule has 35 heavy (non-hydrogen) atoms. The molecule has 0 saturated carbocycles. The number of aromatic nitrogens is 2. The predicted molar refractivity (Wildman–Crippen MR) is 124 cm³/mol. The largest absolute Gasteiger partial charge is 0.491 e. The van der Waals surface area contributed by atoms with E-state index < -0.39 is 44.5 Å². The Hall–Kier alpha value is -3.09. The molecule has 0 aliphatic heterocycles. The summed E-state index contributed by atoms with van der Waals surface area (Å²) < 4.78 is 71.0. The zero-order chi connectivity index (χ0) is 26.1. The molecule has 2 N–H and O–H groups in total. The van der Waals surface area contributed by atoms with E-state index in [9.17, 15) is 22.2 Å². The molecule has 3 rings (SSSR count). The summed E-state index contributed by atoms with van der Waals surface area (Å²) in [4.78, 5) is 13.3. The first-order valence-electron chi connectivity index (χ1n) is 9.53. The van der Waals surface area contributed by atoms with Crippen LogP contribution >= 0.6 is 23.2 Å². The fourth-order valence-electron chi connectivity index (χ4n) is 3.01. The lowest BCUT2D eigenvalue weighted by Crippen LogP contribution is -2.21. The molecule has 0 fully saturated rings. The van der Waals surface area contributed by atoms with Crippen molar-refractivity contribution in [3.63, 3.8) is 0 Å². The molecule has 1 amide bonds. The fraction of sp³-hybridized carbons (Fsp3) is 0.190. The van der Waals surface area contributed by atoms with Crippen molar-refractivity contribution in [2.45, 2.75) is 18.0 Å². The van der Waals surface area contributed by atoms with E-state index in [-0.39, 0.29) is 32.1 Å². The van der Waals surface area contributed by atoms with Crippen molar-refractivity contribution in [3.05, 3.63) is 63.3 Å². The Kier molecular flexibility index (Phi) is 7.48. The lowest BCUT2D eigenvalue weighted by atomic mass is 10.1. The van der Waals surface area contributed by atoms with Gasteiger partial charge in [0.15, 0.2) is 17.2 Å². The maximum Gasteiger partial charge on any atom is 0.435 e. The summed E-state index contributed by atoms with van der Waals surface area (Å²) in [5.74, 6) is -1.68. The Labute approximate surface area is 208 Å². The van der Waals surface area contributed by atoms with Crippen LogP contribution in [0.1, 0.15) is 21.6 Å². The Morgan fingerprint density at radius 3 is 2.46 bits per heavy atom. The van der Waals surface area contributed by atoms with Crippen LogP contribution in [0.2, 0.25) is 10.0 Å². The average Bonchev–Trinajstić information content (AvgIpc) is 2.75. The van der Waals surface area contributed by atoms with Crippen molar-refractivity contribution in [2.24, 2.45) is 0 Å². The molecule has 2 aromatic carbocycles. The quantitative estimate of drug-likeness (QED) is 0.379. The van der Waals surface area contributed by atoms with Gasteiger partial charge in [0, 0.05) is 16.8 Å². The number of hydrogen-bond acceptors (Lipinski definition) is 7. The Bertz CT molecular complexity index is 1420. The van der Waals surface area contributed by atoms with Crippen LogP contribution in [0.25, 0.3) is 0 Å². The lowest BCUT2D eigenvalue weighted by molar-refractivity contribution is -0.142. The number of hydrogen-bond donors (Lipinski definition) is 2. The van der Waals surface area contributed by atoms with Crippen LogP contribution in [0.3, 0.4) is 0 Å². The monoisotopic (exact) mass is 548 g/mol. The van der Waals surface area contributed by atoms with Crippen molar-refractivity contribution in [1.29, 1.82) is 4.78 Å². The SMILES string of the molecule is COc1c(Oc2nnc(C(F)(F)F)c(C)c2C(=O)Nc2cccc(S(C)(=N)=O)c2)ccc(Cl)c1Cl. The van der Waals surface area contributed by atoms with E-state index in [1.807, 2.05) is 0 Å². The maximum atomic E-state index is 13.5. The van der Waals surface area contributed by atoms with Gasteiger partial charge in [-0.25, -0.2) is 8.99 Å². The van der Waals surface area contributed by atoms with Gasteiger partial charge in [0.1, 0.15) is 10.6 Å². The van der Waals surface area contributed by atoms with E-state index in [1.54, 1.807) is 0 Å². The summed E-state index contributed by atoms with van der Waals surface area (Å²) >= 11 is 12.1. The number of methoxy groups -OCH3 is 1. The number of nitrogens with zero attached hydrogens (tertiary/aromatic N) is 2. The van der Waals surface area contributed by atoms with Gasteiger partial charge in [0.05, 0.1) is 21.9 Å². The number of carbonyl (C=O) groups excluding carboxylic acids is 1. The van der Waals surface area contributed by atoms with E-state index in [0.29, 0.717) is 0 Å². The summed E-state index contributed by atoms with van der Waals surface area (Å²) in [7, 11) is -1.84. The standard InChI is InChI=1S/C21H17Cl2F3N4O4S/c1-10-15(19(31)28-11-5-4-6-12(9-11)35(3,27)32)20(30-29-18(10)21(24,25)26)34-14-8-7-13(22)16(23)17(14)33-2/h4-9,27H,1-3H3,(H,28,31). The smallest absolute Gasteiger partial charge is 0.435 e. The number of nitrogens with one attached hydrogen (secondary N) is 2. The molecule has 186 valence electrons. The van der Waals surface area contributed by atoms with Gasteiger partial charge in [-0.1, -0.05) is 29.3 Å². The van der Waals surface area contributed by atoms with Gasteiger partial charge in [0.2, 0.25) is 0 Å². The molecule has 1 heterocycles. The third kappa shape index (κ3) is 5.77. The highest BCUT2D eigenvalue weighted by molar-refractivity contribution is 7.91. The Morgan fingerprint density at radius 2 is 1.86 bits per heavy atom. The minimum absolute atomic E-state index is 0.0235. The molecule has 1 unspecified atom stereocenters. The highest BCUT2D eigenvalue weighted by atomic mass is 35.5. The van der Waals surface area contributed by atoms with Crippen molar-refractivity contribution in [1.82, 2.24) is 10.2 Å². The number of halogens is 5. The van der Waals surface area contributed by atoms with Gasteiger partial charge in [-0.05, 0) is 42.8 Å². The zero-order valence-electron chi connectivity index (χ0n) is 18.3. The van der Waals surface area contributed by atoms with Crippen LogP contribution in [0.4, 0.5) is 18.9 Å². The van der Waals surface area contributed by atoms with Crippen LogP contribution in [0.15, 0.2) is 41.3 Å².